The van der Waals surface area contributed by atoms with Crippen molar-refractivity contribution in [2.75, 3.05) is 34.4 Å². The second-order valence-electron chi connectivity index (χ2n) is 7.10. The van der Waals surface area contributed by atoms with Crippen LogP contribution in [0.25, 0.3) is 0 Å². The van der Waals surface area contributed by atoms with E-state index < -0.39 is 0 Å². The Labute approximate surface area is 157 Å². The van der Waals surface area contributed by atoms with E-state index in [1.165, 1.54) is 25.7 Å². The van der Waals surface area contributed by atoms with Gasteiger partial charge in [0.05, 0.1) is 27.9 Å². The molecule has 0 aliphatic heterocycles. The third kappa shape index (κ3) is 5.19. The van der Waals surface area contributed by atoms with Crippen molar-refractivity contribution in [3.63, 3.8) is 0 Å². The number of guanidine groups is 1. The normalized spacial score (nSPS) is 16.3. The van der Waals surface area contributed by atoms with Gasteiger partial charge in [-0.25, -0.2) is 4.99 Å². The molecule has 2 N–H and O–H groups in total. The number of benzene rings is 1. The minimum atomic E-state index is 0.378. The third-order valence-electron chi connectivity index (χ3n) is 4.98. The Kier molecular flexibility index (Phi) is 7.42. The van der Waals surface area contributed by atoms with E-state index in [1.807, 2.05) is 12.1 Å². The summed E-state index contributed by atoms with van der Waals surface area (Å²) in [6, 6.07) is 3.87. The van der Waals surface area contributed by atoms with E-state index in [0.717, 1.165) is 24.6 Å². The number of methoxy groups -OCH3 is 3. The minimum absolute atomic E-state index is 0.378. The second kappa shape index (κ2) is 9.55. The molecule has 1 aromatic carbocycles. The van der Waals surface area contributed by atoms with E-state index in [0.29, 0.717) is 29.2 Å². The highest BCUT2D eigenvalue weighted by Gasteiger charge is 2.28. The predicted octanol–water partition coefficient (Wildman–Crippen LogP) is 3.35. The molecule has 0 bridgehead atoms. The Balaban J connectivity index is 2.10. The van der Waals surface area contributed by atoms with Gasteiger partial charge in [0.15, 0.2) is 17.5 Å². The standard InChI is InChI=1S/C20H33N3O3/c1-6-21-19(23-14-20(2)9-7-8-10-20)22-13-15-11-16(24-3)18(26-5)17(12-15)25-4/h11-12H,6-10,13-14H2,1-5H3,(H2,21,22,23). The van der Waals surface area contributed by atoms with Crippen LogP contribution in [0.3, 0.4) is 0 Å². The van der Waals surface area contributed by atoms with Crippen LogP contribution in [0.15, 0.2) is 17.1 Å². The fourth-order valence-electron chi connectivity index (χ4n) is 3.44. The van der Waals surface area contributed by atoms with E-state index in [2.05, 4.69) is 24.5 Å². The van der Waals surface area contributed by atoms with Crippen molar-refractivity contribution in [1.29, 1.82) is 0 Å². The maximum Gasteiger partial charge on any atom is 0.203 e. The molecule has 1 aliphatic rings. The Bertz CT molecular complexity index is 585. The lowest BCUT2D eigenvalue weighted by Crippen LogP contribution is -2.42. The van der Waals surface area contributed by atoms with Gasteiger partial charge >= 0.3 is 0 Å². The molecule has 2 rings (SSSR count). The van der Waals surface area contributed by atoms with Gasteiger partial charge in [0.1, 0.15) is 0 Å². The Morgan fingerprint density at radius 3 is 2.15 bits per heavy atom. The number of hydrogen-bond acceptors (Lipinski definition) is 4. The average Bonchev–Trinajstić information content (AvgIpc) is 3.09. The molecule has 0 radical (unpaired) electrons. The predicted molar refractivity (Wildman–Crippen MR) is 105 cm³/mol. The molecule has 0 saturated heterocycles. The summed E-state index contributed by atoms with van der Waals surface area (Å²) in [5.41, 5.74) is 1.38. The lowest BCUT2D eigenvalue weighted by atomic mass is 9.89. The summed E-state index contributed by atoms with van der Waals surface area (Å²) < 4.78 is 16.2. The largest absolute Gasteiger partial charge is 0.493 e. The van der Waals surface area contributed by atoms with Crippen LogP contribution < -0.4 is 24.8 Å². The van der Waals surface area contributed by atoms with Gasteiger partial charge in [0.2, 0.25) is 5.75 Å². The van der Waals surface area contributed by atoms with E-state index in [1.54, 1.807) is 21.3 Å². The van der Waals surface area contributed by atoms with Crippen LogP contribution in [-0.2, 0) is 6.54 Å². The zero-order chi connectivity index (χ0) is 19.0. The van der Waals surface area contributed by atoms with Crippen LogP contribution in [0.4, 0.5) is 0 Å². The number of rotatable bonds is 8. The van der Waals surface area contributed by atoms with Crippen molar-refractivity contribution in [2.24, 2.45) is 10.4 Å². The van der Waals surface area contributed by atoms with Gasteiger partial charge in [-0.1, -0.05) is 19.8 Å². The van der Waals surface area contributed by atoms with Crippen LogP contribution in [0.1, 0.15) is 45.1 Å². The van der Waals surface area contributed by atoms with Crippen molar-refractivity contribution < 1.29 is 14.2 Å². The molecule has 1 fully saturated rings. The molecular formula is C20H33N3O3. The Morgan fingerprint density at radius 1 is 1.04 bits per heavy atom. The van der Waals surface area contributed by atoms with Crippen molar-refractivity contribution in [3.05, 3.63) is 17.7 Å². The number of ether oxygens (including phenoxy) is 3. The highest BCUT2D eigenvalue weighted by molar-refractivity contribution is 5.79. The molecule has 1 aliphatic carbocycles. The first-order valence-electron chi connectivity index (χ1n) is 9.36. The van der Waals surface area contributed by atoms with E-state index >= 15 is 0 Å². The van der Waals surface area contributed by atoms with Crippen molar-refractivity contribution in [1.82, 2.24) is 10.6 Å². The molecule has 1 saturated carbocycles. The maximum absolute atomic E-state index is 5.42. The Morgan fingerprint density at radius 2 is 1.65 bits per heavy atom. The highest BCUT2D eigenvalue weighted by atomic mass is 16.5. The minimum Gasteiger partial charge on any atom is -0.493 e. The molecule has 0 heterocycles. The molecular weight excluding hydrogens is 330 g/mol. The van der Waals surface area contributed by atoms with Crippen LogP contribution in [0.5, 0.6) is 17.2 Å². The summed E-state index contributed by atoms with van der Waals surface area (Å²) in [6.45, 7) is 6.75. The molecule has 6 heteroatoms. The lowest BCUT2D eigenvalue weighted by Gasteiger charge is -2.25. The fourth-order valence-corrected chi connectivity index (χ4v) is 3.44. The molecule has 6 nitrogen and oxygen atoms in total. The molecule has 0 atom stereocenters. The number of aliphatic imine (C=N–C) groups is 1. The molecule has 146 valence electrons. The molecule has 0 aromatic heterocycles. The van der Waals surface area contributed by atoms with Gasteiger partial charge < -0.3 is 24.8 Å². The third-order valence-corrected chi connectivity index (χ3v) is 4.98. The molecule has 26 heavy (non-hydrogen) atoms. The van der Waals surface area contributed by atoms with Crippen LogP contribution in [0, 0.1) is 5.41 Å². The van der Waals surface area contributed by atoms with Crippen molar-refractivity contribution in [3.8, 4) is 17.2 Å². The van der Waals surface area contributed by atoms with Crippen LogP contribution >= 0.6 is 0 Å². The van der Waals surface area contributed by atoms with E-state index in [-0.39, 0.29) is 0 Å². The van der Waals surface area contributed by atoms with Gasteiger partial charge in [0.25, 0.3) is 0 Å². The maximum atomic E-state index is 5.42. The van der Waals surface area contributed by atoms with Gasteiger partial charge in [-0.2, -0.15) is 0 Å². The molecule has 1 aromatic rings. The van der Waals surface area contributed by atoms with Gasteiger partial charge in [0, 0.05) is 13.1 Å². The first-order chi connectivity index (χ1) is 12.5. The topological polar surface area (TPSA) is 64.1 Å². The van der Waals surface area contributed by atoms with Crippen LogP contribution in [0.2, 0.25) is 0 Å². The monoisotopic (exact) mass is 363 g/mol. The van der Waals surface area contributed by atoms with Crippen molar-refractivity contribution >= 4 is 5.96 Å². The highest BCUT2D eigenvalue weighted by Crippen LogP contribution is 2.38. The quantitative estimate of drug-likeness (QED) is 0.548. The van der Waals surface area contributed by atoms with E-state index in [4.69, 9.17) is 19.2 Å². The first-order valence-corrected chi connectivity index (χ1v) is 9.36. The van der Waals surface area contributed by atoms with Crippen LogP contribution in [-0.4, -0.2) is 40.4 Å². The molecule has 0 spiro atoms. The molecule has 0 amide bonds. The fraction of sp³-hybridized carbons (Fsp3) is 0.650. The summed E-state index contributed by atoms with van der Waals surface area (Å²) in [5.74, 6) is 2.73. The number of nitrogens with one attached hydrogen (secondary N) is 2. The zero-order valence-corrected chi connectivity index (χ0v) is 16.8. The summed E-state index contributed by atoms with van der Waals surface area (Å²) in [7, 11) is 4.85. The first kappa shape index (κ1) is 20.2. The average molecular weight is 364 g/mol. The van der Waals surface area contributed by atoms with Gasteiger partial charge in [-0.3, -0.25) is 0 Å². The second-order valence-corrected chi connectivity index (χ2v) is 7.10. The Hall–Kier alpha value is -2.11. The summed E-state index contributed by atoms with van der Waals surface area (Å²) in [4.78, 5) is 4.72. The van der Waals surface area contributed by atoms with Crippen molar-refractivity contribution in [2.45, 2.75) is 46.1 Å². The van der Waals surface area contributed by atoms with Gasteiger partial charge in [-0.15, -0.1) is 0 Å². The summed E-state index contributed by atoms with van der Waals surface area (Å²) >= 11 is 0. The number of hydrogen-bond donors (Lipinski definition) is 2. The number of nitrogens with zero attached hydrogens (tertiary/aromatic N) is 1. The smallest absolute Gasteiger partial charge is 0.203 e. The SMILES string of the molecule is CCNC(=NCc1cc(OC)c(OC)c(OC)c1)NCC1(C)CCCC1. The van der Waals surface area contributed by atoms with Gasteiger partial charge in [-0.05, 0) is 42.9 Å². The summed E-state index contributed by atoms with van der Waals surface area (Å²) in [5, 5.41) is 6.83. The van der Waals surface area contributed by atoms with E-state index in [9.17, 15) is 0 Å². The summed E-state index contributed by atoms with van der Waals surface area (Å²) in [6.07, 6.45) is 5.23. The zero-order valence-electron chi connectivity index (χ0n) is 16.8. The lowest BCUT2D eigenvalue weighted by molar-refractivity contribution is 0.324. The molecule has 0 unspecified atom stereocenters.